The number of rotatable bonds is 2. The molecule has 0 radical (unpaired) electrons. The molecule has 0 aliphatic heterocycles. The number of pyridine rings is 1. The molecule has 6 heteroatoms. The summed E-state index contributed by atoms with van der Waals surface area (Å²) in [5.74, 6) is -0.973. The van der Waals surface area contributed by atoms with E-state index in [9.17, 15) is 18.0 Å². The van der Waals surface area contributed by atoms with Crippen molar-refractivity contribution in [1.82, 2.24) is 4.98 Å². The van der Waals surface area contributed by atoms with Crippen molar-refractivity contribution in [2.75, 3.05) is 7.11 Å². The molecule has 1 aromatic heterocycles. The number of carbonyl (C=O) groups excluding carboxylic acids is 1. The smallest absolute Gasteiger partial charge is 0.416 e. The average Bonchev–Trinajstić information content (AvgIpc) is 2.90. The molecule has 0 bridgehead atoms. The van der Waals surface area contributed by atoms with Gasteiger partial charge in [-0.1, -0.05) is 12.8 Å². The van der Waals surface area contributed by atoms with Crippen LogP contribution in [0.1, 0.15) is 53.2 Å². The molecular weight excluding hydrogens is 259 g/mol. The SMILES string of the molecule is COC(=O)c1cc(C(F)(F)F)c(C2CCCC2)cn1. The molecule has 0 saturated heterocycles. The fourth-order valence-electron chi connectivity index (χ4n) is 2.49. The number of carbonyl (C=O) groups is 1. The minimum Gasteiger partial charge on any atom is -0.464 e. The van der Waals surface area contributed by atoms with Gasteiger partial charge in [0.1, 0.15) is 5.69 Å². The third-order valence-electron chi connectivity index (χ3n) is 3.43. The molecular formula is C13H14F3NO2. The summed E-state index contributed by atoms with van der Waals surface area (Å²) in [7, 11) is 1.11. The van der Waals surface area contributed by atoms with E-state index in [0.29, 0.717) is 0 Å². The van der Waals surface area contributed by atoms with Crippen molar-refractivity contribution in [3.05, 3.63) is 29.1 Å². The van der Waals surface area contributed by atoms with Crippen molar-refractivity contribution in [3.63, 3.8) is 0 Å². The summed E-state index contributed by atoms with van der Waals surface area (Å²) in [6.07, 6.45) is 0.0286. The van der Waals surface area contributed by atoms with Crippen molar-refractivity contribution >= 4 is 5.97 Å². The zero-order valence-corrected chi connectivity index (χ0v) is 10.5. The van der Waals surface area contributed by atoms with Crippen LogP contribution >= 0.6 is 0 Å². The Kier molecular flexibility index (Phi) is 3.78. The number of esters is 1. The van der Waals surface area contributed by atoms with Gasteiger partial charge in [0.15, 0.2) is 0 Å². The second-order valence-electron chi connectivity index (χ2n) is 4.63. The van der Waals surface area contributed by atoms with Gasteiger partial charge in [-0.15, -0.1) is 0 Å². The highest BCUT2D eigenvalue weighted by atomic mass is 19.4. The highest BCUT2D eigenvalue weighted by molar-refractivity contribution is 5.87. The molecule has 0 unspecified atom stereocenters. The Morgan fingerprint density at radius 1 is 1.37 bits per heavy atom. The molecule has 3 nitrogen and oxygen atoms in total. The Balaban J connectivity index is 2.45. The van der Waals surface area contributed by atoms with Crippen molar-refractivity contribution in [3.8, 4) is 0 Å². The summed E-state index contributed by atoms with van der Waals surface area (Å²) in [6.45, 7) is 0. The summed E-state index contributed by atoms with van der Waals surface area (Å²) in [6, 6.07) is 0.791. The van der Waals surface area contributed by atoms with Crippen LogP contribution in [0.25, 0.3) is 0 Å². The quantitative estimate of drug-likeness (QED) is 0.774. The van der Waals surface area contributed by atoms with Gasteiger partial charge in [-0.2, -0.15) is 13.2 Å². The average molecular weight is 273 g/mol. The molecule has 1 heterocycles. The van der Waals surface area contributed by atoms with Crippen molar-refractivity contribution < 1.29 is 22.7 Å². The lowest BCUT2D eigenvalue weighted by molar-refractivity contribution is -0.138. The van der Waals surface area contributed by atoms with Crippen molar-refractivity contribution in [1.29, 1.82) is 0 Å². The van der Waals surface area contributed by atoms with Gasteiger partial charge in [0.25, 0.3) is 0 Å². The predicted octanol–water partition coefficient (Wildman–Crippen LogP) is 3.54. The van der Waals surface area contributed by atoms with Crippen LogP contribution < -0.4 is 0 Å². The van der Waals surface area contributed by atoms with E-state index in [4.69, 9.17) is 0 Å². The minimum atomic E-state index is -4.48. The van der Waals surface area contributed by atoms with E-state index in [1.54, 1.807) is 0 Å². The number of hydrogen-bond donors (Lipinski definition) is 0. The molecule has 104 valence electrons. The van der Waals surface area contributed by atoms with Crippen LogP contribution in [0.2, 0.25) is 0 Å². The zero-order chi connectivity index (χ0) is 14.0. The summed E-state index contributed by atoms with van der Waals surface area (Å²) >= 11 is 0. The Bertz CT molecular complexity index is 479. The lowest BCUT2D eigenvalue weighted by Gasteiger charge is -2.17. The van der Waals surface area contributed by atoms with E-state index in [2.05, 4.69) is 9.72 Å². The van der Waals surface area contributed by atoms with Crippen LogP contribution in [0.5, 0.6) is 0 Å². The van der Waals surface area contributed by atoms with Gasteiger partial charge in [-0.05, 0) is 30.4 Å². The Morgan fingerprint density at radius 2 is 2.00 bits per heavy atom. The minimum absolute atomic E-state index is 0.115. The third kappa shape index (κ3) is 2.88. The molecule has 2 rings (SSSR count). The number of ether oxygens (including phenoxy) is 1. The molecule has 19 heavy (non-hydrogen) atoms. The first-order chi connectivity index (χ1) is 8.93. The van der Waals surface area contributed by atoms with E-state index in [-0.39, 0.29) is 17.2 Å². The van der Waals surface area contributed by atoms with Crippen LogP contribution in [0.4, 0.5) is 13.2 Å². The molecule has 0 N–H and O–H groups in total. The zero-order valence-electron chi connectivity index (χ0n) is 10.5. The van der Waals surface area contributed by atoms with Gasteiger partial charge in [0.2, 0.25) is 0 Å². The van der Waals surface area contributed by atoms with Crippen molar-refractivity contribution in [2.45, 2.75) is 37.8 Å². The molecule has 1 aliphatic rings. The first-order valence-corrected chi connectivity index (χ1v) is 6.09. The van der Waals surface area contributed by atoms with Crippen LogP contribution in [0.3, 0.4) is 0 Å². The Hall–Kier alpha value is -1.59. The number of alkyl halides is 3. The highest BCUT2D eigenvalue weighted by Crippen LogP contribution is 2.41. The predicted molar refractivity (Wildman–Crippen MR) is 61.8 cm³/mol. The lowest BCUT2D eigenvalue weighted by Crippen LogP contribution is -2.15. The first kappa shape index (κ1) is 13.8. The molecule has 1 aromatic rings. The summed E-state index contributed by atoms with van der Waals surface area (Å²) in [5.41, 5.74) is -0.885. The Morgan fingerprint density at radius 3 is 2.53 bits per heavy atom. The molecule has 0 amide bonds. The summed E-state index contributed by atoms with van der Waals surface area (Å²) in [5, 5.41) is 0. The lowest BCUT2D eigenvalue weighted by atomic mass is 9.94. The molecule has 1 saturated carbocycles. The van der Waals surface area contributed by atoms with E-state index < -0.39 is 17.7 Å². The monoisotopic (exact) mass is 273 g/mol. The molecule has 0 aromatic carbocycles. The van der Waals surface area contributed by atoms with Gasteiger partial charge in [-0.3, -0.25) is 0 Å². The van der Waals surface area contributed by atoms with Gasteiger partial charge in [-0.25, -0.2) is 9.78 Å². The number of nitrogens with zero attached hydrogens (tertiary/aromatic N) is 1. The largest absolute Gasteiger partial charge is 0.464 e. The van der Waals surface area contributed by atoms with E-state index >= 15 is 0 Å². The number of methoxy groups -OCH3 is 1. The van der Waals surface area contributed by atoms with Crippen molar-refractivity contribution in [2.24, 2.45) is 0 Å². The van der Waals surface area contributed by atoms with Gasteiger partial charge < -0.3 is 4.74 Å². The van der Waals surface area contributed by atoms with Gasteiger partial charge in [0, 0.05) is 6.20 Å². The van der Waals surface area contributed by atoms with Gasteiger partial charge in [0.05, 0.1) is 12.7 Å². The molecule has 1 aliphatic carbocycles. The van der Waals surface area contributed by atoms with Gasteiger partial charge >= 0.3 is 12.1 Å². The maximum absolute atomic E-state index is 13.1. The van der Waals surface area contributed by atoms with E-state index in [1.807, 2.05) is 0 Å². The number of aromatic nitrogens is 1. The molecule has 0 spiro atoms. The van der Waals surface area contributed by atoms with Crippen LogP contribution in [-0.2, 0) is 10.9 Å². The molecule has 1 fully saturated rings. The van der Waals surface area contributed by atoms with E-state index in [1.165, 1.54) is 6.20 Å². The normalized spacial score (nSPS) is 16.6. The van der Waals surface area contributed by atoms with Crippen LogP contribution in [0.15, 0.2) is 12.3 Å². The fraction of sp³-hybridized carbons (Fsp3) is 0.538. The third-order valence-corrected chi connectivity index (χ3v) is 3.43. The topological polar surface area (TPSA) is 39.2 Å². The maximum Gasteiger partial charge on any atom is 0.416 e. The first-order valence-electron chi connectivity index (χ1n) is 6.09. The highest BCUT2D eigenvalue weighted by Gasteiger charge is 2.37. The standard InChI is InChI=1S/C13H14F3NO2/c1-19-12(18)11-6-10(13(14,15)16)9(7-17-11)8-4-2-3-5-8/h6-8H,2-5H2,1H3. The van der Waals surface area contributed by atoms with Crippen LogP contribution in [-0.4, -0.2) is 18.1 Å². The molecule has 0 atom stereocenters. The Labute approximate surface area is 108 Å². The maximum atomic E-state index is 13.1. The second kappa shape index (κ2) is 5.19. The summed E-state index contributed by atoms with van der Waals surface area (Å²) in [4.78, 5) is 15.1. The number of hydrogen-bond acceptors (Lipinski definition) is 3. The summed E-state index contributed by atoms with van der Waals surface area (Å²) < 4.78 is 43.6. The fourth-order valence-corrected chi connectivity index (χ4v) is 2.49. The van der Waals surface area contributed by atoms with E-state index in [0.717, 1.165) is 38.9 Å². The second-order valence-corrected chi connectivity index (χ2v) is 4.63. The van der Waals surface area contributed by atoms with Crippen LogP contribution in [0, 0.1) is 0 Å². The number of halogens is 3.